The number of anilines is 1. The second-order valence-electron chi connectivity index (χ2n) is 7.29. The molecule has 0 saturated heterocycles. The largest absolute Gasteiger partial charge is 0.390 e. The van der Waals surface area contributed by atoms with Crippen molar-refractivity contribution in [1.29, 1.82) is 0 Å². The monoisotopic (exact) mass is 410 g/mol. The third kappa shape index (κ3) is 3.16. The van der Waals surface area contributed by atoms with Crippen LogP contribution < -0.4 is 5.32 Å². The number of halogens is 1. The molecule has 0 amide bonds. The molecule has 0 radical (unpaired) electrons. The van der Waals surface area contributed by atoms with Gasteiger partial charge < -0.3 is 10.4 Å². The molecule has 7 nitrogen and oxygen atoms in total. The molecular weight excluding hydrogens is 391 g/mol. The summed E-state index contributed by atoms with van der Waals surface area (Å²) in [6.07, 6.45) is 6.36. The highest BCUT2D eigenvalue weighted by atomic mass is 32.1. The van der Waals surface area contributed by atoms with Crippen LogP contribution in [0.3, 0.4) is 0 Å². The fourth-order valence-corrected chi connectivity index (χ4v) is 4.63. The Morgan fingerprint density at radius 3 is 2.79 bits per heavy atom. The molecule has 1 fully saturated rings. The first kappa shape index (κ1) is 18.1. The maximum Gasteiger partial charge on any atom is 0.194 e. The molecule has 9 heteroatoms. The van der Waals surface area contributed by atoms with Gasteiger partial charge in [-0.1, -0.05) is 6.42 Å². The molecule has 4 aromatic rings. The van der Waals surface area contributed by atoms with Crippen molar-refractivity contribution in [2.45, 2.75) is 31.3 Å². The summed E-state index contributed by atoms with van der Waals surface area (Å²) in [5.74, 6) is 0.380. The van der Waals surface area contributed by atoms with Crippen LogP contribution in [0.5, 0.6) is 0 Å². The van der Waals surface area contributed by atoms with Gasteiger partial charge in [-0.2, -0.15) is 0 Å². The molecular formula is C20H19FN6OS. The molecule has 0 aromatic carbocycles. The van der Waals surface area contributed by atoms with E-state index in [1.54, 1.807) is 12.3 Å². The van der Waals surface area contributed by atoms with Crippen molar-refractivity contribution in [1.82, 2.24) is 24.6 Å². The van der Waals surface area contributed by atoms with Crippen molar-refractivity contribution in [2.75, 3.05) is 11.9 Å². The minimum Gasteiger partial charge on any atom is -0.390 e. The first-order valence-electron chi connectivity index (χ1n) is 9.44. The molecule has 148 valence electrons. The molecule has 4 heterocycles. The van der Waals surface area contributed by atoms with Crippen LogP contribution in [0.1, 0.15) is 30.7 Å². The summed E-state index contributed by atoms with van der Waals surface area (Å²) in [4.78, 5) is 9.63. The Bertz CT molecular complexity index is 1150. The van der Waals surface area contributed by atoms with Crippen LogP contribution in [-0.2, 0) is 12.0 Å². The Hall–Kier alpha value is -2.91. The zero-order valence-corrected chi connectivity index (χ0v) is 16.4. The van der Waals surface area contributed by atoms with Gasteiger partial charge in [0.05, 0.1) is 18.0 Å². The minimum atomic E-state index is -0.291. The fraction of sp³-hybridized carbons (Fsp3) is 0.300. The number of nitrogens with one attached hydrogen (secondary N) is 1. The molecule has 5 rings (SSSR count). The molecule has 1 saturated carbocycles. The highest BCUT2D eigenvalue weighted by Gasteiger charge is 2.41. The molecule has 4 aromatic heterocycles. The zero-order chi connectivity index (χ0) is 19.8. The van der Waals surface area contributed by atoms with E-state index >= 15 is 0 Å². The van der Waals surface area contributed by atoms with Crippen LogP contribution in [0.4, 0.5) is 10.2 Å². The van der Waals surface area contributed by atoms with Crippen LogP contribution in [-0.4, -0.2) is 36.2 Å². The average molecular weight is 410 g/mol. The molecule has 0 spiro atoms. The van der Waals surface area contributed by atoms with Crippen molar-refractivity contribution in [3.05, 3.63) is 59.2 Å². The van der Waals surface area contributed by atoms with E-state index in [1.165, 1.54) is 17.4 Å². The summed E-state index contributed by atoms with van der Waals surface area (Å²) < 4.78 is 16.1. The predicted molar refractivity (Wildman–Crippen MR) is 108 cm³/mol. The van der Waals surface area contributed by atoms with Crippen LogP contribution >= 0.6 is 11.3 Å². The van der Waals surface area contributed by atoms with E-state index in [1.807, 2.05) is 28.1 Å². The van der Waals surface area contributed by atoms with Gasteiger partial charge in [0.1, 0.15) is 23.0 Å². The van der Waals surface area contributed by atoms with Gasteiger partial charge in [-0.3, -0.25) is 9.38 Å². The number of pyridine rings is 1. The summed E-state index contributed by atoms with van der Waals surface area (Å²) in [6.45, 7) is 0.526. The zero-order valence-electron chi connectivity index (χ0n) is 15.5. The summed E-state index contributed by atoms with van der Waals surface area (Å²) in [5.41, 5.74) is 2.39. The molecule has 0 unspecified atom stereocenters. The molecule has 0 bridgehead atoms. The summed E-state index contributed by atoms with van der Waals surface area (Å²) in [5, 5.41) is 23.1. The highest BCUT2D eigenvalue weighted by molar-refractivity contribution is 7.15. The van der Waals surface area contributed by atoms with E-state index < -0.39 is 0 Å². The van der Waals surface area contributed by atoms with E-state index in [9.17, 15) is 9.50 Å². The lowest BCUT2D eigenvalue weighted by Gasteiger charge is -2.41. The van der Waals surface area contributed by atoms with Crippen molar-refractivity contribution >= 4 is 22.1 Å². The van der Waals surface area contributed by atoms with Crippen molar-refractivity contribution in [3.8, 4) is 11.4 Å². The van der Waals surface area contributed by atoms with E-state index in [2.05, 4.69) is 25.5 Å². The minimum absolute atomic E-state index is 0.0387. The van der Waals surface area contributed by atoms with Gasteiger partial charge >= 0.3 is 0 Å². The molecule has 29 heavy (non-hydrogen) atoms. The number of aromatic nitrogens is 5. The van der Waals surface area contributed by atoms with Crippen LogP contribution in [0.15, 0.2) is 42.0 Å². The Balaban J connectivity index is 1.32. The second-order valence-corrected chi connectivity index (χ2v) is 8.13. The number of rotatable bonds is 6. The summed E-state index contributed by atoms with van der Waals surface area (Å²) in [6, 6.07) is 6.79. The maximum atomic E-state index is 14.2. The normalized spacial score (nSPS) is 15.4. The van der Waals surface area contributed by atoms with E-state index in [4.69, 9.17) is 0 Å². The highest BCUT2D eigenvalue weighted by Crippen LogP contribution is 2.43. The number of thiazole rings is 1. The van der Waals surface area contributed by atoms with Crippen LogP contribution in [0.25, 0.3) is 16.3 Å². The molecule has 0 atom stereocenters. The van der Waals surface area contributed by atoms with Crippen LogP contribution in [0, 0.1) is 5.82 Å². The van der Waals surface area contributed by atoms with Gasteiger partial charge in [-0.05, 0) is 37.1 Å². The molecule has 2 N–H and O–H groups in total. The Morgan fingerprint density at radius 2 is 2.10 bits per heavy atom. The van der Waals surface area contributed by atoms with Crippen LogP contribution in [0.2, 0.25) is 0 Å². The van der Waals surface area contributed by atoms with Gasteiger partial charge in [0.2, 0.25) is 0 Å². The van der Waals surface area contributed by atoms with Gasteiger partial charge in [0, 0.05) is 29.7 Å². The third-order valence-electron chi connectivity index (χ3n) is 5.55. The number of aliphatic hydroxyl groups is 1. The number of imidazole rings is 1. The molecule has 0 aliphatic heterocycles. The maximum absolute atomic E-state index is 14.2. The van der Waals surface area contributed by atoms with Gasteiger partial charge in [0.25, 0.3) is 0 Å². The van der Waals surface area contributed by atoms with E-state index in [-0.39, 0.29) is 17.8 Å². The lowest BCUT2D eigenvalue weighted by atomic mass is 9.66. The molecule has 1 aliphatic carbocycles. The Morgan fingerprint density at radius 1 is 1.21 bits per heavy atom. The number of nitrogens with zero attached hydrogens (tertiary/aromatic N) is 5. The number of hydrogen-bond donors (Lipinski definition) is 2. The van der Waals surface area contributed by atoms with Crippen molar-refractivity contribution in [2.24, 2.45) is 0 Å². The topological polar surface area (TPSA) is 88.2 Å². The number of hydrogen-bond acceptors (Lipinski definition) is 7. The Kier molecular flexibility index (Phi) is 4.48. The summed E-state index contributed by atoms with van der Waals surface area (Å²) in [7, 11) is 0. The average Bonchev–Trinajstić information content (AvgIpc) is 3.29. The molecule has 1 aliphatic rings. The van der Waals surface area contributed by atoms with Crippen molar-refractivity contribution in [3.63, 3.8) is 0 Å². The quantitative estimate of drug-likeness (QED) is 0.506. The lowest BCUT2D eigenvalue weighted by molar-refractivity contribution is 0.243. The lowest BCUT2D eigenvalue weighted by Crippen LogP contribution is -2.42. The van der Waals surface area contributed by atoms with Gasteiger partial charge in [0.15, 0.2) is 4.96 Å². The SMILES string of the molecule is OCc1csc2nc(-c3ccc(NCC4(c5ncccc5F)CCC4)nn3)cn12. The number of aliphatic hydroxyl groups excluding tert-OH is 1. The second kappa shape index (κ2) is 7.16. The first-order chi connectivity index (χ1) is 14.2. The standard InChI is InChI=1S/C20H19FN6OS/c21-14-3-1-8-22-18(14)20(6-2-7-20)12-23-17-5-4-15(25-26-17)16-9-27-13(10-28)11-29-19(27)24-16/h1,3-5,8-9,11,28H,2,6-7,10,12H2,(H,23,26). The summed E-state index contributed by atoms with van der Waals surface area (Å²) >= 11 is 1.47. The van der Waals surface area contributed by atoms with Gasteiger partial charge in [-0.25, -0.2) is 9.37 Å². The predicted octanol–water partition coefficient (Wildman–Crippen LogP) is 3.41. The van der Waals surface area contributed by atoms with Crippen molar-refractivity contribution < 1.29 is 9.50 Å². The third-order valence-corrected chi connectivity index (χ3v) is 6.44. The fourth-order valence-electron chi connectivity index (χ4n) is 3.77. The smallest absolute Gasteiger partial charge is 0.194 e. The number of fused-ring (bicyclic) bond motifs is 1. The van der Waals surface area contributed by atoms with Gasteiger partial charge in [-0.15, -0.1) is 21.5 Å². The first-order valence-corrected chi connectivity index (χ1v) is 10.3. The van der Waals surface area contributed by atoms with E-state index in [0.29, 0.717) is 29.4 Å². The Labute approximate surface area is 170 Å². The van der Waals surface area contributed by atoms with E-state index in [0.717, 1.165) is 29.9 Å².